The first-order chi connectivity index (χ1) is 7.85. The smallest absolute Gasteiger partial charge is 0.158 e. The highest BCUT2D eigenvalue weighted by Crippen LogP contribution is 2.11. The SMILES string of the molecule is Cc1cn2cc(C)nc2c(CCS(C)(=O)=O)n1. The molecule has 0 radical (unpaired) electrons. The molecular weight excluding hydrogens is 238 g/mol. The average Bonchev–Trinajstić information content (AvgIpc) is 2.53. The lowest BCUT2D eigenvalue weighted by Crippen LogP contribution is -2.09. The minimum absolute atomic E-state index is 0.102. The molecule has 6 heteroatoms. The van der Waals surface area contributed by atoms with Gasteiger partial charge in [0.15, 0.2) is 5.65 Å². The molecule has 0 saturated carbocycles. The average molecular weight is 253 g/mol. The summed E-state index contributed by atoms with van der Waals surface area (Å²) in [6, 6.07) is 0. The number of aryl methyl sites for hydroxylation is 3. The van der Waals surface area contributed by atoms with Gasteiger partial charge in [-0.15, -0.1) is 0 Å². The second-order valence-corrected chi connectivity index (χ2v) is 6.58. The van der Waals surface area contributed by atoms with Crippen molar-refractivity contribution in [2.75, 3.05) is 12.0 Å². The lowest BCUT2D eigenvalue weighted by atomic mass is 10.3. The quantitative estimate of drug-likeness (QED) is 0.816. The molecule has 5 nitrogen and oxygen atoms in total. The summed E-state index contributed by atoms with van der Waals surface area (Å²) >= 11 is 0. The van der Waals surface area contributed by atoms with Crippen LogP contribution >= 0.6 is 0 Å². The van der Waals surface area contributed by atoms with Crippen LogP contribution in [0.1, 0.15) is 17.1 Å². The maximum absolute atomic E-state index is 11.2. The molecule has 0 saturated heterocycles. The van der Waals surface area contributed by atoms with E-state index in [0.717, 1.165) is 22.7 Å². The van der Waals surface area contributed by atoms with Crippen molar-refractivity contribution in [2.24, 2.45) is 0 Å². The van der Waals surface area contributed by atoms with Crippen LogP contribution in [0.3, 0.4) is 0 Å². The lowest BCUT2D eigenvalue weighted by molar-refractivity contribution is 0.600. The number of nitrogens with zero attached hydrogens (tertiary/aromatic N) is 3. The second-order valence-electron chi connectivity index (χ2n) is 4.32. The molecule has 0 spiro atoms. The maximum Gasteiger partial charge on any atom is 0.158 e. The van der Waals surface area contributed by atoms with Crippen molar-refractivity contribution < 1.29 is 8.42 Å². The van der Waals surface area contributed by atoms with Crippen LogP contribution in [0.2, 0.25) is 0 Å². The topological polar surface area (TPSA) is 64.3 Å². The summed E-state index contributed by atoms with van der Waals surface area (Å²) in [6.07, 6.45) is 5.44. The molecule has 0 aliphatic carbocycles. The number of rotatable bonds is 3. The van der Waals surface area contributed by atoms with Gasteiger partial charge in [-0.05, 0) is 13.8 Å². The van der Waals surface area contributed by atoms with Crippen molar-refractivity contribution >= 4 is 15.5 Å². The third-order valence-corrected chi connectivity index (χ3v) is 3.40. The van der Waals surface area contributed by atoms with Gasteiger partial charge in [-0.3, -0.25) is 4.98 Å². The predicted molar refractivity (Wildman–Crippen MR) is 65.9 cm³/mol. The van der Waals surface area contributed by atoms with E-state index in [9.17, 15) is 8.42 Å². The summed E-state index contributed by atoms with van der Waals surface area (Å²) < 4.78 is 24.2. The van der Waals surface area contributed by atoms with Crippen LogP contribution in [0.5, 0.6) is 0 Å². The molecule has 2 heterocycles. The molecule has 2 aromatic rings. The summed E-state index contributed by atoms with van der Waals surface area (Å²) in [5.74, 6) is 0.102. The van der Waals surface area contributed by atoms with Gasteiger partial charge in [-0.2, -0.15) is 0 Å². The first-order valence-corrected chi connectivity index (χ1v) is 7.41. The highest BCUT2D eigenvalue weighted by atomic mass is 32.2. The molecule has 0 N–H and O–H groups in total. The molecular formula is C11H15N3O2S. The van der Waals surface area contributed by atoms with Gasteiger partial charge < -0.3 is 4.40 Å². The van der Waals surface area contributed by atoms with Gasteiger partial charge >= 0.3 is 0 Å². The lowest BCUT2D eigenvalue weighted by Gasteiger charge is -2.04. The molecule has 0 amide bonds. The number of aromatic nitrogens is 3. The Kier molecular flexibility index (Phi) is 2.91. The van der Waals surface area contributed by atoms with Crippen LogP contribution < -0.4 is 0 Å². The third kappa shape index (κ3) is 2.82. The second kappa shape index (κ2) is 4.10. The van der Waals surface area contributed by atoms with Gasteiger partial charge in [-0.25, -0.2) is 13.4 Å². The van der Waals surface area contributed by atoms with Gasteiger partial charge in [0.1, 0.15) is 9.84 Å². The zero-order chi connectivity index (χ0) is 12.6. The van der Waals surface area contributed by atoms with E-state index in [0.29, 0.717) is 6.42 Å². The van der Waals surface area contributed by atoms with E-state index in [1.165, 1.54) is 6.26 Å². The van der Waals surface area contributed by atoms with Crippen molar-refractivity contribution in [3.05, 3.63) is 29.5 Å². The van der Waals surface area contributed by atoms with Crippen LogP contribution in [0.4, 0.5) is 0 Å². The summed E-state index contributed by atoms with van der Waals surface area (Å²) in [5, 5.41) is 0. The molecule has 0 fully saturated rings. The van der Waals surface area contributed by atoms with Crippen LogP contribution in [-0.4, -0.2) is 34.8 Å². The monoisotopic (exact) mass is 253 g/mol. The molecule has 0 aromatic carbocycles. The summed E-state index contributed by atoms with van der Waals surface area (Å²) in [6.45, 7) is 3.79. The van der Waals surface area contributed by atoms with Gasteiger partial charge in [0.05, 0.1) is 22.8 Å². The van der Waals surface area contributed by atoms with Gasteiger partial charge in [0, 0.05) is 25.1 Å². The Morgan fingerprint density at radius 1 is 1.18 bits per heavy atom. The largest absolute Gasteiger partial charge is 0.303 e. The molecule has 0 unspecified atom stereocenters. The number of hydrogen-bond acceptors (Lipinski definition) is 4. The van der Waals surface area contributed by atoms with Gasteiger partial charge in [0.2, 0.25) is 0 Å². The van der Waals surface area contributed by atoms with E-state index >= 15 is 0 Å². The Morgan fingerprint density at radius 3 is 2.35 bits per heavy atom. The number of imidazole rings is 1. The van der Waals surface area contributed by atoms with Crippen molar-refractivity contribution in [2.45, 2.75) is 20.3 Å². The molecule has 2 aromatic heterocycles. The number of sulfone groups is 1. The molecule has 0 bridgehead atoms. The third-order valence-electron chi connectivity index (χ3n) is 2.46. The van der Waals surface area contributed by atoms with E-state index in [1.54, 1.807) is 0 Å². The van der Waals surface area contributed by atoms with Gasteiger partial charge in [0.25, 0.3) is 0 Å². The molecule has 92 valence electrons. The Balaban J connectivity index is 2.45. The van der Waals surface area contributed by atoms with Crippen LogP contribution in [0, 0.1) is 13.8 Å². The zero-order valence-corrected chi connectivity index (χ0v) is 11.0. The summed E-state index contributed by atoms with van der Waals surface area (Å²) in [7, 11) is -2.97. The zero-order valence-electron chi connectivity index (χ0n) is 10.1. The molecule has 2 rings (SSSR count). The fourth-order valence-corrected chi connectivity index (χ4v) is 2.33. The summed E-state index contributed by atoms with van der Waals surface area (Å²) in [4.78, 5) is 8.73. The molecule has 17 heavy (non-hydrogen) atoms. The fourth-order valence-electron chi connectivity index (χ4n) is 1.77. The Hall–Kier alpha value is -1.43. The molecule has 0 atom stereocenters. The minimum Gasteiger partial charge on any atom is -0.303 e. The van der Waals surface area contributed by atoms with Crippen molar-refractivity contribution in [1.82, 2.24) is 14.4 Å². The first kappa shape index (κ1) is 12.0. The van der Waals surface area contributed by atoms with E-state index in [-0.39, 0.29) is 5.75 Å². The normalized spacial score (nSPS) is 12.2. The number of hydrogen-bond donors (Lipinski definition) is 0. The fraction of sp³-hybridized carbons (Fsp3) is 0.455. The highest BCUT2D eigenvalue weighted by molar-refractivity contribution is 7.90. The molecule has 0 aliphatic heterocycles. The van der Waals surface area contributed by atoms with Crippen LogP contribution in [0.25, 0.3) is 5.65 Å². The Bertz CT molecular complexity index is 659. The van der Waals surface area contributed by atoms with Crippen molar-refractivity contribution in [3.63, 3.8) is 0 Å². The van der Waals surface area contributed by atoms with Crippen LogP contribution in [-0.2, 0) is 16.3 Å². The minimum atomic E-state index is -2.97. The Labute approximate surface area is 100 Å². The van der Waals surface area contributed by atoms with Crippen molar-refractivity contribution in [3.8, 4) is 0 Å². The first-order valence-electron chi connectivity index (χ1n) is 5.35. The summed E-state index contributed by atoms with van der Waals surface area (Å²) in [5.41, 5.74) is 3.25. The predicted octanol–water partition coefficient (Wildman–Crippen LogP) is 0.933. The van der Waals surface area contributed by atoms with Gasteiger partial charge in [-0.1, -0.05) is 0 Å². The van der Waals surface area contributed by atoms with E-state index in [4.69, 9.17) is 0 Å². The number of fused-ring (bicyclic) bond motifs is 1. The highest BCUT2D eigenvalue weighted by Gasteiger charge is 2.10. The van der Waals surface area contributed by atoms with Crippen molar-refractivity contribution in [1.29, 1.82) is 0 Å². The Morgan fingerprint density at radius 2 is 1.76 bits per heavy atom. The maximum atomic E-state index is 11.2. The molecule has 0 aliphatic rings. The van der Waals surface area contributed by atoms with E-state index in [1.807, 2.05) is 30.6 Å². The van der Waals surface area contributed by atoms with Crippen LogP contribution in [0.15, 0.2) is 12.4 Å². The van der Waals surface area contributed by atoms with E-state index in [2.05, 4.69) is 9.97 Å². The standard InChI is InChI=1S/C11H15N3O2S/c1-8-6-14-7-9(2)13-11(14)10(12-8)4-5-17(3,15)16/h6-7H,4-5H2,1-3H3. The van der Waals surface area contributed by atoms with E-state index < -0.39 is 9.84 Å².